The number of hydrogen-bond donors (Lipinski definition) is 7. The fraction of sp³-hybridized carbons (Fsp3) is 0.658. The molecule has 0 unspecified atom stereocenters. The highest BCUT2D eigenvalue weighted by atomic mass is 16.4. The maximum atomic E-state index is 13.2. The summed E-state index contributed by atoms with van der Waals surface area (Å²) in [6.45, 7) is 5.87. The van der Waals surface area contributed by atoms with Crippen LogP contribution in [0, 0.1) is 0 Å². The molecule has 12 heteroatoms. The summed E-state index contributed by atoms with van der Waals surface area (Å²) in [6, 6.07) is -4.00. The molecule has 0 aromatic carbocycles. The molecular weight excluding hydrogens is 636 g/mol. The van der Waals surface area contributed by atoms with Crippen LogP contribution in [0.4, 0.5) is 0 Å². The number of aliphatic carboxylic acids is 1. The molecule has 0 heterocycles. The molecule has 4 atom stereocenters. The largest absolute Gasteiger partial charge is 0.480 e. The van der Waals surface area contributed by atoms with E-state index in [2.05, 4.69) is 76.8 Å². The highest BCUT2D eigenvalue weighted by Gasteiger charge is 2.28. The van der Waals surface area contributed by atoms with E-state index in [4.69, 9.17) is 16.6 Å². The van der Waals surface area contributed by atoms with E-state index in [9.17, 15) is 24.0 Å². The fourth-order valence-electron chi connectivity index (χ4n) is 4.78. The van der Waals surface area contributed by atoms with Gasteiger partial charge in [0.05, 0.1) is 0 Å². The van der Waals surface area contributed by atoms with Gasteiger partial charge in [-0.1, -0.05) is 68.4 Å². The number of allylic oxidation sites excluding steroid dienone is 8. The number of carbonyl (C=O) groups excluding carboxylic acids is 4. The molecular formula is C38H66N6O6. The van der Waals surface area contributed by atoms with Crippen molar-refractivity contribution >= 4 is 29.6 Å². The molecule has 12 nitrogen and oxygen atoms in total. The van der Waals surface area contributed by atoms with Gasteiger partial charge in [0.15, 0.2) is 0 Å². The minimum absolute atomic E-state index is 0.251. The van der Waals surface area contributed by atoms with E-state index in [0.29, 0.717) is 51.6 Å². The van der Waals surface area contributed by atoms with Crippen LogP contribution < -0.4 is 32.7 Å². The van der Waals surface area contributed by atoms with Crippen molar-refractivity contribution in [2.45, 2.75) is 148 Å². The summed E-state index contributed by atoms with van der Waals surface area (Å²) < 4.78 is 0. The molecule has 4 amide bonds. The summed E-state index contributed by atoms with van der Waals surface area (Å²) in [5.41, 5.74) is 11.2. The minimum Gasteiger partial charge on any atom is -0.480 e. The van der Waals surface area contributed by atoms with E-state index < -0.39 is 47.9 Å². The predicted octanol–water partition coefficient (Wildman–Crippen LogP) is 4.45. The summed E-state index contributed by atoms with van der Waals surface area (Å²) in [5.74, 6) is -3.22. The fourth-order valence-corrected chi connectivity index (χ4v) is 4.78. The second kappa shape index (κ2) is 31.2. The Kier molecular flexibility index (Phi) is 28.9. The second-order valence-electron chi connectivity index (χ2n) is 12.5. The maximum absolute atomic E-state index is 13.2. The average molecular weight is 703 g/mol. The molecule has 0 aliphatic heterocycles. The zero-order chi connectivity index (χ0) is 37.4. The lowest BCUT2D eigenvalue weighted by Crippen LogP contribution is -2.56. The van der Waals surface area contributed by atoms with Gasteiger partial charge in [0.25, 0.3) is 0 Å². The molecule has 0 saturated heterocycles. The van der Waals surface area contributed by atoms with Gasteiger partial charge in [-0.05, 0) is 110 Å². The number of carbonyl (C=O) groups is 5. The zero-order valence-corrected chi connectivity index (χ0v) is 30.8. The number of rotatable bonds is 30. The molecule has 0 saturated carbocycles. The van der Waals surface area contributed by atoms with E-state index in [1.54, 1.807) is 0 Å². The molecule has 0 radical (unpaired) electrons. The van der Waals surface area contributed by atoms with Crippen LogP contribution in [0.1, 0.15) is 124 Å². The average Bonchev–Trinajstić information content (AvgIpc) is 3.08. The van der Waals surface area contributed by atoms with Crippen molar-refractivity contribution in [3.63, 3.8) is 0 Å². The van der Waals surface area contributed by atoms with Crippen LogP contribution in [0.2, 0.25) is 0 Å². The Bertz CT molecular complexity index is 1090. The second-order valence-corrected chi connectivity index (χ2v) is 12.5. The Morgan fingerprint density at radius 2 is 1.02 bits per heavy atom. The zero-order valence-electron chi connectivity index (χ0n) is 30.8. The molecule has 0 rings (SSSR count). The van der Waals surface area contributed by atoms with Gasteiger partial charge in [-0.3, -0.25) is 24.0 Å². The van der Waals surface area contributed by atoms with Gasteiger partial charge in [-0.15, -0.1) is 0 Å². The van der Waals surface area contributed by atoms with Gasteiger partial charge in [0, 0.05) is 6.42 Å². The first-order valence-electron chi connectivity index (χ1n) is 18.5. The summed E-state index contributed by atoms with van der Waals surface area (Å²) in [5, 5.41) is 19.6. The quantitative estimate of drug-likeness (QED) is 0.0420. The summed E-state index contributed by atoms with van der Waals surface area (Å²) in [7, 11) is 0. The molecule has 0 aliphatic rings. The molecule has 50 heavy (non-hydrogen) atoms. The van der Waals surface area contributed by atoms with Crippen LogP contribution in [-0.4, -0.2) is 72.0 Å². The van der Waals surface area contributed by atoms with Crippen LogP contribution in [0.15, 0.2) is 48.6 Å². The van der Waals surface area contributed by atoms with Crippen molar-refractivity contribution in [3.05, 3.63) is 48.6 Å². The monoisotopic (exact) mass is 703 g/mol. The van der Waals surface area contributed by atoms with Crippen LogP contribution in [0.5, 0.6) is 0 Å². The van der Waals surface area contributed by atoms with Gasteiger partial charge < -0.3 is 37.8 Å². The van der Waals surface area contributed by atoms with Gasteiger partial charge in [0.2, 0.25) is 23.6 Å². The molecule has 9 N–H and O–H groups in total. The lowest BCUT2D eigenvalue weighted by molar-refractivity contribution is -0.141. The van der Waals surface area contributed by atoms with E-state index in [-0.39, 0.29) is 18.7 Å². The number of unbranched alkanes of at least 4 members (excludes halogenated alkanes) is 6. The normalized spacial score (nSPS) is 14.2. The first-order valence-corrected chi connectivity index (χ1v) is 18.5. The van der Waals surface area contributed by atoms with Crippen molar-refractivity contribution in [2.24, 2.45) is 11.5 Å². The van der Waals surface area contributed by atoms with Crippen molar-refractivity contribution in [1.82, 2.24) is 21.3 Å². The van der Waals surface area contributed by atoms with Crippen LogP contribution in [0.3, 0.4) is 0 Å². The molecule has 0 fully saturated rings. The Morgan fingerprint density at radius 3 is 1.50 bits per heavy atom. The standard InChI is InChI=1S/C38H66N6O6/c1-4-5-6-7-8-9-10-11-12-13-14-15-16-17-18-19-20-27-34(45)43-32(25-21-23-28-39)36(47)41-30(2)35(46)44-33(26-22-24-29-40)37(48)42-31(3)38(49)50/h8-9,11-12,14-15,17-18,30-33H,4-7,10,13,16,19-29,39-40H2,1-3H3,(H,41,47)(H,42,48)(H,43,45)(H,44,46)(H,49,50)/b9-8-,12-11-,15-14-,18-17-/t30-,31-,32-,33-/m0/s1. The Labute approximate surface area is 300 Å². The first-order chi connectivity index (χ1) is 24.1. The number of nitrogens with two attached hydrogens (primary N) is 2. The summed E-state index contributed by atoms with van der Waals surface area (Å²) in [6.07, 6.45) is 29.6. The molecule has 0 bridgehead atoms. The third-order valence-corrected chi connectivity index (χ3v) is 7.89. The third-order valence-electron chi connectivity index (χ3n) is 7.89. The van der Waals surface area contributed by atoms with Gasteiger partial charge >= 0.3 is 5.97 Å². The predicted molar refractivity (Wildman–Crippen MR) is 201 cm³/mol. The first kappa shape index (κ1) is 46.2. The van der Waals surface area contributed by atoms with E-state index in [1.807, 2.05) is 0 Å². The highest BCUT2D eigenvalue weighted by Crippen LogP contribution is 2.06. The maximum Gasteiger partial charge on any atom is 0.325 e. The number of nitrogens with one attached hydrogen (secondary N) is 4. The van der Waals surface area contributed by atoms with Crippen molar-refractivity contribution in [3.8, 4) is 0 Å². The lowest BCUT2D eigenvalue weighted by atomic mass is 10.1. The lowest BCUT2D eigenvalue weighted by Gasteiger charge is -2.24. The van der Waals surface area contributed by atoms with Gasteiger partial charge in [-0.25, -0.2) is 0 Å². The highest BCUT2D eigenvalue weighted by molar-refractivity contribution is 5.94. The van der Waals surface area contributed by atoms with Crippen LogP contribution in [0.25, 0.3) is 0 Å². The Hall–Kier alpha value is -3.77. The number of carboxylic acid groups (broad SMARTS) is 1. The molecule has 284 valence electrons. The third kappa shape index (κ3) is 25.2. The van der Waals surface area contributed by atoms with Crippen molar-refractivity contribution in [1.29, 1.82) is 0 Å². The Morgan fingerprint density at radius 1 is 0.560 bits per heavy atom. The van der Waals surface area contributed by atoms with E-state index in [1.165, 1.54) is 33.1 Å². The molecule has 0 aromatic rings. The molecule has 0 spiro atoms. The number of amides is 4. The van der Waals surface area contributed by atoms with E-state index in [0.717, 1.165) is 32.1 Å². The smallest absolute Gasteiger partial charge is 0.325 e. The molecule has 0 aliphatic carbocycles. The Balaban J connectivity index is 4.78. The van der Waals surface area contributed by atoms with E-state index >= 15 is 0 Å². The van der Waals surface area contributed by atoms with Gasteiger partial charge in [0.1, 0.15) is 24.2 Å². The van der Waals surface area contributed by atoms with Crippen LogP contribution in [-0.2, 0) is 24.0 Å². The summed E-state index contributed by atoms with van der Waals surface area (Å²) in [4.78, 5) is 62.7. The van der Waals surface area contributed by atoms with Crippen LogP contribution >= 0.6 is 0 Å². The van der Waals surface area contributed by atoms with Crippen molar-refractivity contribution in [2.75, 3.05) is 13.1 Å². The molecule has 0 aromatic heterocycles. The number of carboxylic acids is 1. The minimum atomic E-state index is -1.20. The summed E-state index contributed by atoms with van der Waals surface area (Å²) >= 11 is 0. The topological polar surface area (TPSA) is 206 Å². The van der Waals surface area contributed by atoms with Crippen molar-refractivity contribution < 1.29 is 29.1 Å². The number of hydrogen-bond acceptors (Lipinski definition) is 7. The van der Waals surface area contributed by atoms with Gasteiger partial charge in [-0.2, -0.15) is 0 Å². The SMILES string of the molecule is CCCCC/C=C\C/C=C\C/C=C\C/C=C\CCCC(=O)N[C@@H](CCCCN)C(=O)N[C@@H](C)C(=O)N[C@@H](CCCCN)C(=O)N[C@@H](C)C(=O)O.